The van der Waals surface area contributed by atoms with Crippen molar-refractivity contribution in [3.63, 3.8) is 0 Å². The number of hydrogen-bond donors (Lipinski definition) is 2. The summed E-state index contributed by atoms with van der Waals surface area (Å²) in [5.74, 6) is -0.204. The van der Waals surface area contributed by atoms with E-state index in [1.54, 1.807) is 12.1 Å². The van der Waals surface area contributed by atoms with Gasteiger partial charge < -0.3 is 10.4 Å². The second kappa shape index (κ2) is 5.15. The molecule has 1 aliphatic rings. The largest absolute Gasteiger partial charge is 0.389 e. The molecule has 0 heterocycles. The summed E-state index contributed by atoms with van der Waals surface area (Å²) in [7, 11) is 0. The first-order chi connectivity index (χ1) is 8.13. The van der Waals surface area contributed by atoms with Crippen LogP contribution < -0.4 is 5.32 Å². The number of nitrogens with one attached hydrogen (secondary N) is 1. The van der Waals surface area contributed by atoms with Crippen LogP contribution in [0.25, 0.3) is 0 Å². The summed E-state index contributed by atoms with van der Waals surface area (Å²) in [6, 6.07) is 6.79. The molecule has 1 saturated carbocycles. The quantitative estimate of drug-likeness (QED) is 0.825. The summed E-state index contributed by atoms with van der Waals surface area (Å²) in [5, 5.41) is 13.4. The van der Waals surface area contributed by atoms with E-state index in [1.807, 2.05) is 6.07 Å². The van der Waals surface area contributed by atoms with Crippen LogP contribution in [-0.4, -0.2) is 17.3 Å². The summed E-state index contributed by atoms with van der Waals surface area (Å²) in [5.41, 5.74) is 0.427. The van der Waals surface area contributed by atoms with Crippen molar-refractivity contribution in [1.82, 2.24) is 5.32 Å². The molecule has 2 rings (SSSR count). The molecule has 1 atom stereocenters. The minimum Gasteiger partial charge on any atom is -0.389 e. The molecular formula is C14H20FNO. The van der Waals surface area contributed by atoms with E-state index in [1.165, 1.54) is 6.07 Å². The topological polar surface area (TPSA) is 32.3 Å². The first-order valence-electron chi connectivity index (χ1n) is 6.34. The highest BCUT2D eigenvalue weighted by Gasteiger charge is 2.34. The van der Waals surface area contributed by atoms with E-state index < -0.39 is 5.60 Å². The molecular weight excluding hydrogens is 217 g/mol. The van der Waals surface area contributed by atoms with Gasteiger partial charge in [0.2, 0.25) is 0 Å². The van der Waals surface area contributed by atoms with Crippen LogP contribution in [0.5, 0.6) is 0 Å². The highest BCUT2D eigenvalue weighted by Crippen LogP contribution is 2.31. The fourth-order valence-electron chi connectivity index (χ4n) is 2.30. The Labute approximate surface area is 102 Å². The van der Waals surface area contributed by atoms with E-state index in [0.29, 0.717) is 6.54 Å². The summed E-state index contributed by atoms with van der Waals surface area (Å²) in [6.07, 6.45) is 3.74. The van der Waals surface area contributed by atoms with Crippen LogP contribution in [0.15, 0.2) is 24.3 Å². The second-order valence-corrected chi connectivity index (χ2v) is 4.97. The Hall–Kier alpha value is -0.930. The third-order valence-corrected chi connectivity index (χ3v) is 3.62. The lowest BCUT2D eigenvalue weighted by Crippen LogP contribution is -2.47. The van der Waals surface area contributed by atoms with Crippen LogP contribution in [0, 0.1) is 5.82 Å². The number of rotatable bonds is 5. The van der Waals surface area contributed by atoms with Crippen molar-refractivity contribution in [1.29, 1.82) is 0 Å². The van der Waals surface area contributed by atoms with Gasteiger partial charge in [-0.25, -0.2) is 4.39 Å². The van der Waals surface area contributed by atoms with E-state index in [9.17, 15) is 9.50 Å². The number of hydrogen-bond acceptors (Lipinski definition) is 2. The Morgan fingerprint density at radius 2 is 2.24 bits per heavy atom. The maximum absolute atomic E-state index is 13.1. The summed E-state index contributed by atoms with van der Waals surface area (Å²) >= 11 is 0. The van der Waals surface area contributed by atoms with Gasteiger partial charge in [-0.05, 0) is 43.4 Å². The van der Waals surface area contributed by atoms with E-state index >= 15 is 0 Å². The average molecular weight is 237 g/mol. The third-order valence-electron chi connectivity index (χ3n) is 3.62. The van der Waals surface area contributed by atoms with Gasteiger partial charge in [0, 0.05) is 12.6 Å². The lowest BCUT2D eigenvalue weighted by atomic mass is 9.80. The lowest BCUT2D eigenvalue weighted by Gasteiger charge is -2.38. The van der Waals surface area contributed by atoms with Gasteiger partial charge in [0.15, 0.2) is 0 Å². The Kier molecular flexibility index (Phi) is 3.79. The molecule has 0 aliphatic heterocycles. The Morgan fingerprint density at radius 1 is 1.47 bits per heavy atom. The number of halogens is 1. The predicted molar refractivity (Wildman–Crippen MR) is 66.2 cm³/mol. The molecule has 2 N–H and O–H groups in total. The van der Waals surface area contributed by atoms with Crippen LogP contribution in [0.3, 0.4) is 0 Å². The molecule has 17 heavy (non-hydrogen) atoms. The van der Waals surface area contributed by atoms with Crippen molar-refractivity contribution in [2.24, 2.45) is 0 Å². The third kappa shape index (κ3) is 3.05. The van der Waals surface area contributed by atoms with Crippen molar-refractivity contribution in [2.45, 2.75) is 44.2 Å². The molecule has 1 fully saturated rings. The average Bonchev–Trinajstić information content (AvgIpc) is 2.28. The van der Waals surface area contributed by atoms with E-state index in [2.05, 4.69) is 12.2 Å². The molecule has 94 valence electrons. The van der Waals surface area contributed by atoms with Gasteiger partial charge in [0.05, 0.1) is 5.60 Å². The fraction of sp³-hybridized carbons (Fsp3) is 0.571. The van der Waals surface area contributed by atoms with Crippen molar-refractivity contribution < 1.29 is 9.50 Å². The minimum atomic E-state index is -0.527. The smallest absolute Gasteiger partial charge is 0.123 e. The first-order valence-corrected chi connectivity index (χ1v) is 6.34. The van der Waals surface area contributed by atoms with Gasteiger partial charge in [-0.3, -0.25) is 0 Å². The molecule has 2 nitrogen and oxygen atoms in total. The van der Waals surface area contributed by atoms with Gasteiger partial charge in [0.25, 0.3) is 0 Å². The molecule has 1 aliphatic carbocycles. The maximum Gasteiger partial charge on any atom is 0.123 e. The SMILES string of the molecule is CCC(NCC1(O)CCC1)c1cccc(F)c1. The molecule has 0 amide bonds. The van der Waals surface area contributed by atoms with Crippen LogP contribution in [0.2, 0.25) is 0 Å². The van der Waals surface area contributed by atoms with E-state index in [0.717, 1.165) is 31.2 Å². The number of benzene rings is 1. The minimum absolute atomic E-state index is 0.121. The predicted octanol–water partition coefficient (Wildman–Crippen LogP) is 2.78. The van der Waals surface area contributed by atoms with Crippen molar-refractivity contribution in [3.05, 3.63) is 35.6 Å². The maximum atomic E-state index is 13.1. The van der Waals surface area contributed by atoms with E-state index in [4.69, 9.17) is 0 Å². The molecule has 1 aromatic rings. The monoisotopic (exact) mass is 237 g/mol. The summed E-state index contributed by atoms with van der Waals surface area (Å²) in [4.78, 5) is 0. The summed E-state index contributed by atoms with van der Waals surface area (Å²) < 4.78 is 13.1. The molecule has 0 radical (unpaired) electrons. The van der Waals surface area contributed by atoms with Crippen molar-refractivity contribution in [2.75, 3.05) is 6.54 Å². The Balaban J connectivity index is 1.96. The second-order valence-electron chi connectivity index (χ2n) is 4.97. The normalized spacial score (nSPS) is 19.7. The zero-order chi connectivity index (χ0) is 12.3. The molecule has 1 unspecified atom stereocenters. The fourth-order valence-corrected chi connectivity index (χ4v) is 2.30. The number of aliphatic hydroxyl groups is 1. The van der Waals surface area contributed by atoms with Crippen LogP contribution in [0.1, 0.15) is 44.2 Å². The molecule has 1 aromatic carbocycles. The van der Waals surface area contributed by atoms with Crippen LogP contribution in [0.4, 0.5) is 4.39 Å². The van der Waals surface area contributed by atoms with Crippen LogP contribution >= 0.6 is 0 Å². The van der Waals surface area contributed by atoms with Gasteiger partial charge in [-0.1, -0.05) is 19.1 Å². The van der Waals surface area contributed by atoms with E-state index in [-0.39, 0.29) is 11.9 Å². The van der Waals surface area contributed by atoms with Gasteiger partial charge in [-0.15, -0.1) is 0 Å². The Morgan fingerprint density at radius 3 is 2.76 bits per heavy atom. The standard InChI is InChI=1S/C14H20FNO/c1-2-13(11-5-3-6-12(15)9-11)16-10-14(17)7-4-8-14/h3,5-6,9,13,16-17H,2,4,7-8,10H2,1H3. The Bertz CT molecular complexity index is 376. The van der Waals surface area contributed by atoms with Crippen molar-refractivity contribution >= 4 is 0 Å². The van der Waals surface area contributed by atoms with Crippen LogP contribution in [-0.2, 0) is 0 Å². The van der Waals surface area contributed by atoms with Gasteiger partial charge in [-0.2, -0.15) is 0 Å². The molecule has 0 aromatic heterocycles. The van der Waals surface area contributed by atoms with Gasteiger partial charge in [0.1, 0.15) is 5.82 Å². The van der Waals surface area contributed by atoms with Gasteiger partial charge >= 0.3 is 0 Å². The zero-order valence-corrected chi connectivity index (χ0v) is 10.2. The molecule has 3 heteroatoms. The highest BCUT2D eigenvalue weighted by molar-refractivity contribution is 5.20. The van der Waals surface area contributed by atoms with Crippen molar-refractivity contribution in [3.8, 4) is 0 Å². The zero-order valence-electron chi connectivity index (χ0n) is 10.2. The first kappa shape index (κ1) is 12.5. The summed E-state index contributed by atoms with van der Waals surface area (Å²) in [6.45, 7) is 2.66. The highest BCUT2D eigenvalue weighted by atomic mass is 19.1. The lowest BCUT2D eigenvalue weighted by molar-refractivity contribution is -0.0333. The molecule has 0 saturated heterocycles. The molecule has 0 bridgehead atoms. The molecule has 0 spiro atoms.